The highest BCUT2D eigenvalue weighted by Crippen LogP contribution is 2.20. The molecular weight excluding hydrogens is 338 g/mol. The first-order valence-corrected chi connectivity index (χ1v) is 8.66. The Hall–Kier alpha value is -3.54. The topological polar surface area (TPSA) is 63.4 Å². The molecule has 0 radical (unpaired) electrons. The molecule has 1 amide bonds. The lowest BCUT2D eigenvalue weighted by molar-refractivity contribution is 0.0988. The summed E-state index contributed by atoms with van der Waals surface area (Å²) < 4.78 is 1.73. The summed E-state index contributed by atoms with van der Waals surface area (Å²) in [5.41, 5.74) is 5.31. The van der Waals surface area contributed by atoms with Crippen molar-refractivity contribution in [3.8, 4) is 11.4 Å². The maximum absolute atomic E-state index is 12.9. The minimum atomic E-state index is -0.162. The molecule has 0 unspecified atom stereocenters. The van der Waals surface area contributed by atoms with Crippen molar-refractivity contribution in [3.05, 3.63) is 77.7 Å². The molecule has 0 aliphatic carbocycles. The van der Waals surface area contributed by atoms with Gasteiger partial charge in [-0.15, -0.1) is 0 Å². The van der Waals surface area contributed by atoms with E-state index in [9.17, 15) is 4.79 Å². The van der Waals surface area contributed by atoms with Gasteiger partial charge in [-0.1, -0.05) is 23.8 Å². The number of amides is 1. The van der Waals surface area contributed by atoms with Gasteiger partial charge in [-0.2, -0.15) is 5.10 Å². The van der Waals surface area contributed by atoms with E-state index in [-0.39, 0.29) is 5.91 Å². The average Bonchev–Trinajstić information content (AvgIpc) is 3.13. The van der Waals surface area contributed by atoms with Gasteiger partial charge in [0.2, 0.25) is 0 Å². The molecule has 0 atom stereocenters. The fourth-order valence-corrected chi connectivity index (χ4v) is 2.93. The monoisotopic (exact) mass is 357 g/mol. The number of carbonyl (C=O) groups is 1. The van der Waals surface area contributed by atoms with Gasteiger partial charge in [0.05, 0.1) is 5.69 Å². The summed E-state index contributed by atoms with van der Waals surface area (Å²) >= 11 is 0. The third-order valence-electron chi connectivity index (χ3n) is 4.48. The van der Waals surface area contributed by atoms with Crippen LogP contribution in [0, 0.1) is 13.8 Å². The zero-order valence-corrected chi connectivity index (χ0v) is 15.4. The van der Waals surface area contributed by atoms with Crippen LogP contribution in [0.3, 0.4) is 0 Å². The van der Waals surface area contributed by atoms with Crippen molar-refractivity contribution in [3.63, 3.8) is 0 Å². The summed E-state index contributed by atoms with van der Waals surface area (Å²) in [6, 6.07) is 17.1. The number of carbonyl (C=O) groups excluding carboxylic acids is 1. The van der Waals surface area contributed by atoms with Gasteiger partial charge in [0.1, 0.15) is 11.4 Å². The van der Waals surface area contributed by atoms with Gasteiger partial charge in [0.25, 0.3) is 5.91 Å². The standard InChI is InChI=1S/C21H19N5O/c1-14-7-9-16(10-8-14)25(3)21(27)19-12-15(2)26-20(23-19)13-18(24-26)17-6-4-5-11-22-17/h4-13H,1-3H3. The Balaban J connectivity index is 1.72. The van der Waals surface area contributed by atoms with Gasteiger partial charge in [0.15, 0.2) is 5.65 Å². The summed E-state index contributed by atoms with van der Waals surface area (Å²) in [5.74, 6) is -0.162. The van der Waals surface area contributed by atoms with Crippen molar-refractivity contribution >= 4 is 17.2 Å². The second-order valence-corrected chi connectivity index (χ2v) is 6.50. The van der Waals surface area contributed by atoms with Crippen LogP contribution in [-0.4, -0.2) is 32.5 Å². The molecule has 6 nitrogen and oxygen atoms in total. The number of fused-ring (bicyclic) bond motifs is 1. The molecule has 0 saturated heterocycles. The summed E-state index contributed by atoms with van der Waals surface area (Å²) in [6.07, 6.45) is 1.73. The normalized spacial score (nSPS) is 10.9. The maximum Gasteiger partial charge on any atom is 0.276 e. The number of hydrogen-bond acceptors (Lipinski definition) is 4. The van der Waals surface area contributed by atoms with E-state index in [1.165, 1.54) is 0 Å². The van der Waals surface area contributed by atoms with Crippen LogP contribution < -0.4 is 4.90 Å². The summed E-state index contributed by atoms with van der Waals surface area (Å²) in [4.78, 5) is 23.4. The number of pyridine rings is 1. The third kappa shape index (κ3) is 3.17. The molecule has 0 fully saturated rings. The Morgan fingerprint density at radius 2 is 1.78 bits per heavy atom. The van der Waals surface area contributed by atoms with Gasteiger partial charge < -0.3 is 4.90 Å². The van der Waals surface area contributed by atoms with Crippen LogP contribution in [0.1, 0.15) is 21.7 Å². The Morgan fingerprint density at radius 1 is 1.00 bits per heavy atom. The Bertz CT molecular complexity index is 1120. The molecule has 0 saturated carbocycles. The van der Waals surface area contributed by atoms with Crippen molar-refractivity contribution in [2.24, 2.45) is 0 Å². The van der Waals surface area contributed by atoms with Crippen LogP contribution in [-0.2, 0) is 0 Å². The number of nitrogens with zero attached hydrogens (tertiary/aromatic N) is 5. The van der Waals surface area contributed by atoms with E-state index < -0.39 is 0 Å². The smallest absolute Gasteiger partial charge is 0.276 e. The second-order valence-electron chi connectivity index (χ2n) is 6.50. The van der Waals surface area contributed by atoms with Crippen molar-refractivity contribution in [2.75, 3.05) is 11.9 Å². The molecule has 0 spiro atoms. The van der Waals surface area contributed by atoms with Crippen molar-refractivity contribution in [1.29, 1.82) is 0 Å². The van der Waals surface area contributed by atoms with Crippen molar-refractivity contribution in [2.45, 2.75) is 13.8 Å². The number of benzene rings is 1. The average molecular weight is 357 g/mol. The zero-order chi connectivity index (χ0) is 19.0. The van der Waals surface area contributed by atoms with Crippen LogP contribution >= 0.6 is 0 Å². The number of hydrogen-bond donors (Lipinski definition) is 0. The van der Waals surface area contributed by atoms with E-state index in [1.54, 1.807) is 28.7 Å². The lowest BCUT2D eigenvalue weighted by Gasteiger charge is -2.17. The molecule has 6 heteroatoms. The van der Waals surface area contributed by atoms with Crippen molar-refractivity contribution in [1.82, 2.24) is 19.6 Å². The molecule has 0 aliphatic heterocycles. The molecule has 0 N–H and O–H groups in total. The summed E-state index contributed by atoms with van der Waals surface area (Å²) in [5, 5.41) is 4.56. The molecule has 3 heterocycles. The molecule has 1 aromatic carbocycles. The minimum absolute atomic E-state index is 0.162. The largest absolute Gasteiger partial charge is 0.310 e. The van der Waals surface area contributed by atoms with Crippen LogP contribution in [0.4, 0.5) is 5.69 Å². The van der Waals surface area contributed by atoms with Gasteiger partial charge >= 0.3 is 0 Å². The van der Waals surface area contributed by atoms with E-state index in [0.29, 0.717) is 11.3 Å². The van der Waals surface area contributed by atoms with E-state index in [0.717, 1.165) is 28.3 Å². The molecule has 4 rings (SSSR count). The Labute approximate surface area is 157 Å². The molecule has 4 aromatic rings. The lowest BCUT2D eigenvalue weighted by Crippen LogP contribution is -2.27. The van der Waals surface area contributed by atoms with Gasteiger partial charge in [0, 0.05) is 30.7 Å². The van der Waals surface area contributed by atoms with Crippen LogP contribution in [0.2, 0.25) is 0 Å². The van der Waals surface area contributed by atoms with Gasteiger partial charge in [-0.05, 0) is 44.2 Å². The van der Waals surface area contributed by atoms with E-state index in [1.807, 2.05) is 62.4 Å². The number of aromatic nitrogens is 4. The predicted molar refractivity (Wildman–Crippen MR) is 105 cm³/mol. The van der Waals surface area contributed by atoms with Gasteiger partial charge in [-0.25, -0.2) is 9.50 Å². The Morgan fingerprint density at radius 3 is 2.48 bits per heavy atom. The summed E-state index contributed by atoms with van der Waals surface area (Å²) in [6.45, 7) is 3.93. The predicted octanol–water partition coefficient (Wildman–Crippen LogP) is 3.68. The first-order chi connectivity index (χ1) is 13.0. The highest BCUT2D eigenvalue weighted by Gasteiger charge is 2.18. The first kappa shape index (κ1) is 16.9. The molecule has 27 heavy (non-hydrogen) atoms. The molecule has 0 bridgehead atoms. The molecule has 0 aliphatic rings. The van der Waals surface area contributed by atoms with Crippen LogP contribution in [0.5, 0.6) is 0 Å². The van der Waals surface area contributed by atoms with E-state index >= 15 is 0 Å². The SMILES string of the molecule is Cc1ccc(N(C)C(=O)c2cc(C)n3nc(-c4ccccn4)cc3n2)cc1. The minimum Gasteiger partial charge on any atom is -0.310 e. The maximum atomic E-state index is 12.9. The zero-order valence-electron chi connectivity index (χ0n) is 15.4. The molecular formula is C21H19N5O. The van der Waals surface area contributed by atoms with Crippen LogP contribution in [0.15, 0.2) is 60.8 Å². The first-order valence-electron chi connectivity index (χ1n) is 8.66. The summed E-state index contributed by atoms with van der Waals surface area (Å²) in [7, 11) is 1.75. The van der Waals surface area contributed by atoms with Crippen molar-refractivity contribution < 1.29 is 4.79 Å². The van der Waals surface area contributed by atoms with Crippen LogP contribution in [0.25, 0.3) is 17.0 Å². The fraction of sp³-hybridized carbons (Fsp3) is 0.143. The Kier molecular flexibility index (Phi) is 4.16. The molecule has 3 aromatic heterocycles. The third-order valence-corrected chi connectivity index (χ3v) is 4.48. The van der Waals surface area contributed by atoms with E-state index in [4.69, 9.17) is 0 Å². The molecule has 134 valence electrons. The quantitative estimate of drug-likeness (QED) is 0.561. The number of aryl methyl sites for hydroxylation is 2. The van der Waals surface area contributed by atoms with E-state index in [2.05, 4.69) is 15.1 Å². The highest BCUT2D eigenvalue weighted by molar-refractivity contribution is 6.04. The fourth-order valence-electron chi connectivity index (χ4n) is 2.93. The van der Waals surface area contributed by atoms with Gasteiger partial charge in [-0.3, -0.25) is 9.78 Å². The number of anilines is 1. The second kappa shape index (κ2) is 6.64. The number of rotatable bonds is 3. The lowest BCUT2D eigenvalue weighted by atomic mass is 10.2. The highest BCUT2D eigenvalue weighted by atomic mass is 16.2.